The van der Waals surface area contributed by atoms with Crippen molar-refractivity contribution in [3.05, 3.63) is 42.1 Å². The van der Waals surface area contributed by atoms with Crippen LogP contribution >= 0.6 is 11.8 Å². The molecule has 2 N–H and O–H groups in total. The summed E-state index contributed by atoms with van der Waals surface area (Å²) < 4.78 is 41.9. The van der Waals surface area contributed by atoms with Crippen LogP contribution in [0.3, 0.4) is 0 Å². The lowest BCUT2D eigenvalue weighted by molar-refractivity contribution is -0.105. The molecule has 9 heteroatoms. The number of oxazole rings is 1. The van der Waals surface area contributed by atoms with E-state index in [2.05, 4.69) is 15.6 Å². The van der Waals surface area contributed by atoms with E-state index in [9.17, 15) is 18.0 Å². The molecule has 5 nitrogen and oxygen atoms in total. The van der Waals surface area contributed by atoms with Crippen LogP contribution in [-0.2, 0) is 6.54 Å². The van der Waals surface area contributed by atoms with Gasteiger partial charge in [0.15, 0.2) is 6.39 Å². The lowest BCUT2D eigenvalue weighted by Crippen LogP contribution is -2.28. The van der Waals surface area contributed by atoms with Gasteiger partial charge in [0.2, 0.25) is 0 Å². The number of alkyl halides is 3. The second kappa shape index (κ2) is 7.40. The number of aryl methyl sites for hydroxylation is 1. The third kappa shape index (κ3) is 5.51. The average Bonchev–Trinajstić information content (AvgIpc) is 2.89. The summed E-state index contributed by atoms with van der Waals surface area (Å²) >= 11 is 0.619. The van der Waals surface area contributed by atoms with Crippen LogP contribution in [0.2, 0.25) is 0 Å². The Morgan fingerprint density at radius 1 is 1.35 bits per heavy atom. The summed E-state index contributed by atoms with van der Waals surface area (Å²) in [6, 6.07) is 5.77. The molecule has 0 saturated heterocycles. The molecular formula is C14H14F3N3O2S. The van der Waals surface area contributed by atoms with Gasteiger partial charge in [0.05, 0.1) is 18.0 Å². The van der Waals surface area contributed by atoms with Crippen LogP contribution in [0.4, 0.5) is 23.7 Å². The number of urea groups is 1. The van der Waals surface area contributed by atoms with Crippen LogP contribution in [0.5, 0.6) is 0 Å². The highest BCUT2D eigenvalue weighted by molar-refractivity contribution is 7.99. The van der Waals surface area contributed by atoms with Crippen molar-refractivity contribution in [2.75, 3.05) is 11.1 Å². The number of hydrogen-bond acceptors (Lipinski definition) is 4. The van der Waals surface area contributed by atoms with E-state index in [1.165, 1.54) is 12.5 Å². The van der Waals surface area contributed by atoms with Crippen LogP contribution in [0.1, 0.15) is 11.5 Å². The normalized spacial score (nSPS) is 11.3. The van der Waals surface area contributed by atoms with E-state index in [4.69, 9.17) is 4.42 Å². The third-order valence-corrected chi connectivity index (χ3v) is 3.93. The Hall–Kier alpha value is -2.16. The number of amides is 2. The molecule has 2 amide bonds. The molecule has 0 aliphatic heterocycles. The standard InChI is InChI=1S/C14H14F3N3O2S/c1-9-11(19-8-22-9)6-18-13(21)20-10-4-2-3-5-12(10)23-7-14(15,16)17/h2-5,8H,6-7H2,1H3,(H2,18,20,21). The van der Waals surface area contributed by atoms with Crippen molar-refractivity contribution >= 4 is 23.5 Å². The first-order chi connectivity index (χ1) is 10.8. The Kier molecular flexibility index (Phi) is 5.54. The number of carbonyl (C=O) groups is 1. The van der Waals surface area contributed by atoms with E-state index >= 15 is 0 Å². The smallest absolute Gasteiger partial charge is 0.398 e. The molecule has 0 atom stereocenters. The molecule has 0 aliphatic carbocycles. The molecule has 1 aromatic carbocycles. The van der Waals surface area contributed by atoms with E-state index < -0.39 is 18.0 Å². The fourth-order valence-corrected chi connectivity index (χ4v) is 2.45. The second-order valence-corrected chi connectivity index (χ2v) is 5.58. The minimum atomic E-state index is -4.27. The third-order valence-electron chi connectivity index (χ3n) is 2.79. The van der Waals surface area contributed by atoms with Gasteiger partial charge in [0.1, 0.15) is 11.5 Å². The molecule has 0 spiro atoms. The zero-order valence-electron chi connectivity index (χ0n) is 12.1. The van der Waals surface area contributed by atoms with Crippen molar-refractivity contribution in [1.29, 1.82) is 0 Å². The van der Waals surface area contributed by atoms with Gasteiger partial charge in [0.25, 0.3) is 0 Å². The number of anilines is 1. The van der Waals surface area contributed by atoms with Crippen molar-refractivity contribution in [1.82, 2.24) is 10.3 Å². The SMILES string of the molecule is Cc1ocnc1CNC(=O)Nc1ccccc1SCC(F)(F)F. The van der Waals surface area contributed by atoms with Crippen LogP contribution in [0, 0.1) is 6.92 Å². The quantitative estimate of drug-likeness (QED) is 0.805. The number of nitrogens with one attached hydrogen (secondary N) is 2. The van der Waals surface area contributed by atoms with Gasteiger partial charge < -0.3 is 15.1 Å². The zero-order chi connectivity index (χ0) is 16.9. The van der Waals surface area contributed by atoms with Crippen LogP contribution < -0.4 is 10.6 Å². The fraction of sp³-hybridized carbons (Fsp3) is 0.286. The molecule has 0 saturated carbocycles. The Morgan fingerprint density at radius 2 is 2.09 bits per heavy atom. The van der Waals surface area contributed by atoms with Gasteiger partial charge in [-0.1, -0.05) is 12.1 Å². The van der Waals surface area contributed by atoms with Gasteiger partial charge in [-0.05, 0) is 19.1 Å². The molecule has 0 aliphatic rings. The van der Waals surface area contributed by atoms with Gasteiger partial charge in [-0.25, -0.2) is 9.78 Å². The number of thioether (sulfide) groups is 1. The average molecular weight is 345 g/mol. The Balaban J connectivity index is 1.94. The number of carbonyl (C=O) groups excluding carboxylic acids is 1. The predicted molar refractivity (Wildman–Crippen MR) is 80.3 cm³/mol. The summed E-state index contributed by atoms with van der Waals surface area (Å²) in [6.45, 7) is 1.87. The van der Waals surface area contributed by atoms with Crippen LogP contribution in [-0.4, -0.2) is 22.9 Å². The number of rotatable bonds is 5. The molecule has 124 valence electrons. The number of benzene rings is 1. The molecule has 0 radical (unpaired) electrons. The summed E-state index contributed by atoms with van der Waals surface area (Å²) in [5.74, 6) is -0.433. The van der Waals surface area contributed by atoms with Crippen molar-refractivity contribution < 1.29 is 22.4 Å². The van der Waals surface area contributed by atoms with E-state index in [-0.39, 0.29) is 6.54 Å². The lowest BCUT2D eigenvalue weighted by Gasteiger charge is -2.12. The highest BCUT2D eigenvalue weighted by Crippen LogP contribution is 2.31. The maximum absolute atomic E-state index is 12.3. The first-order valence-electron chi connectivity index (χ1n) is 6.57. The van der Waals surface area contributed by atoms with E-state index in [0.717, 1.165) is 0 Å². The molecular weight excluding hydrogens is 331 g/mol. The number of halogens is 3. The summed E-state index contributed by atoms with van der Waals surface area (Å²) in [4.78, 5) is 16.1. The Labute approximate surface area is 134 Å². The Bertz CT molecular complexity index is 673. The molecule has 0 fully saturated rings. The lowest BCUT2D eigenvalue weighted by atomic mass is 10.3. The maximum Gasteiger partial charge on any atom is 0.398 e. The minimum absolute atomic E-state index is 0.159. The summed E-state index contributed by atoms with van der Waals surface area (Å²) in [6.07, 6.45) is -3.00. The highest BCUT2D eigenvalue weighted by atomic mass is 32.2. The Morgan fingerprint density at radius 3 is 2.74 bits per heavy atom. The molecule has 1 heterocycles. The van der Waals surface area contributed by atoms with Gasteiger partial charge in [-0.3, -0.25) is 0 Å². The first kappa shape index (κ1) is 17.2. The van der Waals surface area contributed by atoms with Crippen molar-refractivity contribution in [3.63, 3.8) is 0 Å². The van der Waals surface area contributed by atoms with Gasteiger partial charge >= 0.3 is 12.2 Å². The predicted octanol–water partition coefficient (Wildman–Crippen LogP) is 3.96. The number of para-hydroxylation sites is 1. The van der Waals surface area contributed by atoms with Crippen LogP contribution in [0.25, 0.3) is 0 Å². The summed E-state index contributed by atoms with van der Waals surface area (Å²) in [5.41, 5.74) is 0.899. The first-order valence-corrected chi connectivity index (χ1v) is 7.56. The van der Waals surface area contributed by atoms with Crippen molar-refractivity contribution in [2.24, 2.45) is 0 Å². The molecule has 23 heavy (non-hydrogen) atoms. The van der Waals surface area contributed by atoms with Crippen molar-refractivity contribution in [3.8, 4) is 0 Å². The fourth-order valence-electron chi connectivity index (χ4n) is 1.68. The summed E-state index contributed by atoms with van der Waals surface area (Å²) in [5, 5.41) is 5.10. The second-order valence-electron chi connectivity index (χ2n) is 4.56. The molecule has 1 aromatic heterocycles. The van der Waals surface area contributed by atoms with E-state index in [0.29, 0.717) is 33.8 Å². The molecule has 0 bridgehead atoms. The van der Waals surface area contributed by atoms with Gasteiger partial charge in [-0.2, -0.15) is 13.2 Å². The van der Waals surface area contributed by atoms with E-state index in [1.807, 2.05) is 0 Å². The maximum atomic E-state index is 12.3. The minimum Gasteiger partial charge on any atom is -0.448 e. The monoisotopic (exact) mass is 345 g/mol. The number of aromatic nitrogens is 1. The molecule has 0 unspecified atom stereocenters. The summed E-state index contributed by atoms with van der Waals surface area (Å²) in [7, 11) is 0. The topological polar surface area (TPSA) is 67.2 Å². The molecule has 2 aromatic rings. The largest absolute Gasteiger partial charge is 0.448 e. The van der Waals surface area contributed by atoms with Crippen LogP contribution in [0.15, 0.2) is 40.0 Å². The number of nitrogens with zero attached hydrogens (tertiary/aromatic N) is 1. The molecule has 2 rings (SSSR count). The van der Waals surface area contributed by atoms with E-state index in [1.54, 1.807) is 25.1 Å². The highest BCUT2D eigenvalue weighted by Gasteiger charge is 2.27. The zero-order valence-corrected chi connectivity index (χ0v) is 12.9. The van der Waals surface area contributed by atoms with Gasteiger partial charge in [0, 0.05) is 4.90 Å². The van der Waals surface area contributed by atoms with Crippen molar-refractivity contribution in [2.45, 2.75) is 24.5 Å². The van der Waals surface area contributed by atoms with Gasteiger partial charge in [-0.15, -0.1) is 11.8 Å². The number of hydrogen-bond donors (Lipinski definition) is 2.